The molecule has 0 unspecified atom stereocenters. The third-order valence-electron chi connectivity index (χ3n) is 2.97. The lowest BCUT2D eigenvalue weighted by Crippen LogP contribution is -2.36. The van der Waals surface area contributed by atoms with Gasteiger partial charge in [0.2, 0.25) is 5.91 Å². The lowest BCUT2D eigenvalue weighted by molar-refractivity contribution is -0.117. The fourth-order valence-electron chi connectivity index (χ4n) is 2.05. The summed E-state index contributed by atoms with van der Waals surface area (Å²) in [6.45, 7) is 4.10. The molecule has 1 amide bonds. The van der Waals surface area contributed by atoms with E-state index in [1.165, 1.54) is 0 Å². The second kappa shape index (κ2) is 5.80. The van der Waals surface area contributed by atoms with Gasteiger partial charge in [-0.1, -0.05) is 19.9 Å². The van der Waals surface area contributed by atoms with Crippen molar-refractivity contribution in [3.63, 3.8) is 0 Å². The summed E-state index contributed by atoms with van der Waals surface area (Å²) in [5.41, 5.74) is 7.50. The molecule has 0 spiro atoms. The van der Waals surface area contributed by atoms with E-state index in [0.29, 0.717) is 12.3 Å². The maximum Gasteiger partial charge on any atom is 0.241 e. The van der Waals surface area contributed by atoms with Gasteiger partial charge in [-0.2, -0.15) is 0 Å². The number of amides is 1. The summed E-state index contributed by atoms with van der Waals surface area (Å²) in [6, 6.07) is 8.96. The van der Waals surface area contributed by atoms with Crippen molar-refractivity contribution in [3.8, 4) is 0 Å². The fraction of sp³-hybridized carbons (Fsp3) is 0.333. The molecule has 1 aromatic carbocycles. The maximum absolute atomic E-state index is 12.0. The van der Waals surface area contributed by atoms with Crippen molar-refractivity contribution >= 4 is 22.5 Å². The van der Waals surface area contributed by atoms with E-state index in [-0.39, 0.29) is 5.91 Å². The molecule has 1 heterocycles. The zero-order chi connectivity index (χ0) is 13.8. The highest BCUT2D eigenvalue weighted by atomic mass is 16.2. The number of nitrogens with two attached hydrogens (primary N) is 1. The van der Waals surface area contributed by atoms with Crippen molar-refractivity contribution in [2.24, 2.45) is 11.7 Å². The van der Waals surface area contributed by atoms with Crippen LogP contribution in [0.5, 0.6) is 0 Å². The average molecular weight is 257 g/mol. The highest BCUT2D eigenvalue weighted by Crippen LogP contribution is 2.21. The molecular weight excluding hydrogens is 238 g/mol. The summed E-state index contributed by atoms with van der Waals surface area (Å²) in [4.78, 5) is 16.3. The Morgan fingerprint density at radius 1 is 1.32 bits per heavy atom. The summed E-state index contributed by atoms with van der Waals surface area (Å²) >= 11 is 0. The Bertz CT molecular complexity index is 575. The maximum atomic E-state index is 12.0. The van der Waals surface area contributed by atoms with Gasteiger partial charge >= 0.3 is 0 Å². The number of carbonyl (C=O) groups excluding carboxylic acids is 1. The van der Waals surface area contributed by atoms with Crippen LogP contribution >= 0.6 is 0 Å². The van der Waals surface area contributed by atoms with Gasteiger partial charge in [0.05, 0.1) is 17.2 Å². The van der Waals surface area contributed by atoms with Crippen molar-refractivity contribution in [1.29, 1.82) is 0 Å². The van der Waals surface area contributed by atoms with Crippen LogP contribution in [-0.4, -0.2) is 16.9 Å². The molecular formula is C15H19N3O. The van der Waals surface area contributed by atoms with Crippen molar-refractivity contribution in [2.75, 3.05) is 5.32 Å². The molecule has 2 rings (SSSR count). The normalized spacial score (nSPS) is 12.6. The van der Waals surface area contributed by atoms with E-state index in [0.717, 1.165) is 16.6 Å². The number of nitrogens with one attached hydrogen (secondary N) is 1. The Balaban J connectivity index is 2.19. The Morgan fingerprint density at radius 3 is 2.84 bits per heavy atom. The molecule has 0 aliphatic heterocycles. The van der Waals surface area contributed by atoms with E-state index < -0.39 is 6.04 Å². The van der Waals surface area contributed by atoms with Crippen molar-refractivity contribution < 1.29 is 4.79 Å². The van der Waals surface area contributed by atoms with E-state index in [1.54, 1.807) is 6.20 Å². The van der Waals surface area contributed by atoms with Gasteiger partial charge < -0.3 is 11.1 Å². The molecule has 3 N–H and O–H groups in total. The number of nitrogens with zero attached hydrogens (tertiary/aromatic N) is 1. The van der Waals surface area contributed by atoms with Crippen LogP contribution in [0.25, 0.3) is 10.9 Å². The van der Waals surface area contributed by atoms with Crippen LogP contribution in [0.4, 0.5) is 5.69 Å². The Kier molecular flexibility index (Phi) is 4.12. The largest absolute Gasteiger partial charge is 0.324 e. The van der Waals surface area contributed by atoms with Gasteiger partial charge in [-0.3, -0.25) is 9.78 Å². The molecule has 0 bridgehead atoms. The molecule has 1 atom stereocenters. The summed E-state index contributed by atoms with van der Waals surface area (Å²) in [5.74, 6) is 0.250. The zero-order valence-electron chi connectivity index (χ0n) is 11.3. The second-order valence-electron chi connectivity index (χ2n) is 5.10. The quantitative estimate of drug-likeness (QED) is 0.884. The van der Waals surface area contributed by atoms with Crippen molar-refractivity contribution in [2.45, 2.75) is 26.3 Å². The molecule has 4 nitrogen and oxygen atoms in total. The SMILES string of the molecule is CC(C)C[C@@H](N)C(=O)Nc1cccc2ncccc12. The molecule has 0 saturated heterocycles. The first kappa shape index (κ1) is 13.5. The number of benzene rings is 1. The molecule has 0 aliphatic carbocycles. The van der Waals surface area contributed by atoms with Crippen LogP contribution in [0.15, 0.2) is 36.5 Å². The number of hydrogen-bond donors (Lipinski definition) is 2. The monoisotopic (exact) mass is 257 g/mol. The molecule has 1 aromatic heterocycles. The summed E-state index contributed by atoms with van der Waals surface area (Å²) < 4.78 is 0. The molecule has 19 heavy (non-hydrogen) atoms. The van der Waals surface area contributed by atoms with Crippen LogP contribution in [0.3, 0.4) is 0 Å². The third-order valence-corrected chi connectivity index (χ3v) is 2.97. The predicted octanol–water partition coefficient (Wildman–Crippen LogP) is 2.55. The smallest absolute Gasteiger partial charge is 0.241 e. The van der Waals surface area contributed by atoms with Crippen LogP contribution in [0.1, 0.15) is 20.3 Å². The molecule has 0 radical (unpaired) electrons. The summed E-state index contributed by atoms with van der Waals surface area (Å²) in [5, 5.41) is 3.81. The fourth-order valence-corrected chi connectivity index (χ4v) is 2.05. The number of pyridine rings is 1. The van der Waals surface area contributed by atoms with Gasteiger partial charge in [0.25, 0.3) is 0 Å². The van der Waals surface area contributed by atoms with Crippen LogP contribution in [-0.2, 0) is 4.79 Å². The second-order valence-corrected chi connectivity index (χ2v) is 5.10. The van der Waals surface area contributed by atoms with E-state index >= 15 is 0 Å². The van der Waals surface area contributed by atoms with Gasteiger partial charge in [0.1, 0.15) is 0 Å². The molecule has 0 aliphatic rings. The number of hydrogen-bond acceptors (Lipinski definition) is 3. The first-order valence-corrected chi connectivity index (χ1v) is 6.48. The van der Waals surface area contributed by atoms with E-state index in [4.69, 9.17) is 5.73 Å². The summed E-state index contributed by atoms with van der Waals surface area (Å²) in [7, 11) is 0. The van der Waals surface area contributed by atoms with Gasteiger partial charge in [-0.05, 0) is 36.6 Å². The highest BCUT2D eigenvalue weighted by molar-refractivity contribution is 6.02. The first-order valence-electron chi connectivity index (χ1n) is 6.48. The molecule has 2 aromatic rings. The minimum Gasteiger partial charge on any atom is -0.324 e. The first-order chi connectivity index (χ1) is 9.08. The lowest BCUT2D eigenvalue weighted by Gasteiger charge is -2.15. The van der Waals surface area contributed by atoms with Crippen LogP contribution < -0.4 is 11.1 Å². The zero-order valence-corrected chi connectivity index (χ0v) is 11.3. The standard InChI is InChI=1S/C15H19N3O/c1-10(2)9-12(16)15(19)18-14-7-3-6-13-11(14)5-4-8-17-13/h3-8,10,12H,9,16H2,1-2H3,(H,18,19)/t12-/m1/s1. The van der Waals surface area contributed by atoms with Crippen molar-refractivity contribution in [1.82, 2.24) is 4.98 Å². The van der Waals surface area contributed by atoms with Crippen LogP contribution in [0.2, 0.25) is 0 Å². The third kappa shape index (κ3) is 3.29. The average Bonchev–Trinajstić information content (AvgIpc) is 2.38. The van der Waals surface area contributed by atoms with E-state index in [1.807, 2.05) is 30.3 Å². The van der Waals surface area contributed by atoms with E-state index in [9.17, 15) is 4.79 Å². The Hall–Kier alpha value is -1.94. The van der Waals surface area contributed by atoms with Crippen LogP contribution in [0, 0.1) is 5.92 Å². The predicted molar refractivity (Wildman–Crippen MR) is 77.8 cm³/mol. The molecule has 100 valence electrons. The number of anilines is 1. The van der Waals surface area contributed by atoms with Gasteiger partial charge in [-0.15, -0.1) is 0 Å². The highest BCUT2D eigenvalue weighted by Gasteiger charge is 2.15. The van der Waals surface area contributed by atoms with Gasteiger partial charge in [0, 0.05) is 11.6 Å². The number of aromatic nitrogens is 1. The van der Waals surface area contributed by atoms with Gasteiger partial charge in [-0.25, -0.2) is 0 Å². The number of carbonyl (C=O) groups is 1. The Labute approximate surface area is 113 Å². The minimum atomic E-state index is -0.480. The number of fused-ring (bicyclic) bond motifs is 1. The molecule has 4 heteroatoms. The topological polar surface area (TPSA) is 68.0 Å². The van der Waals surface area contributed by atoms with Crippen molar-refractivity contribution in [3.05, 3.63) is 36.5 Å². The lowest BCUT2D eigenvalue weighted by atomic mass is 10.0. The molecule has 0 fully saturated rings. The molecule has 0 saturated carbocycles. The number of rotatable bonds is 4. The summed E-state index contributed by atoms with van der Waals surface area (Å²) in [6.07, 6.45) is 2.41. The van der Waals surface area contributed by atoms with Gasteiger partial charge in [0.15, 0.2) is 0 Å². The minimum absolute atomic E-state index is 0.148. The van der Waals surface area contributed by atoms with E-state index in [2.05, 4.69) is 24.1 Å². The Morgan fingerprint density at radius 2 is 2.11 bits per heavy atom.